The fourth-order valence-electron chi connectivity index (χ4n) is 2.18. The van der Waals surface area contributed by atoms with E-state index in [1.807, 2.05) is 35.0 Å². The normalized spacial score (nSPS) is 12.8. The van der Waals surface area contributed by atoms with Crippen molar-refractivity contribution in [3.05, 3.63) is 48.0 Å². The lowest BCUT2D eigenvalue weighted by Crippen LogP contribution is -2.15. The van der Waals surface area contributed by atoms with Crippen LogP contribution in [0, 0.1) is 5.92 Å². The molecule has 0 saturated heterocycles. The van der Waals surface area contributed by atoms with E-state index in [-0.39, 0.29) is 12.5 Å². The Morgan fingerprint density at radius 3 is 2.58 bits per heavy atom. The second kappa shape index (κ2) is 6.48. The van der Waals surface area contributed by atoms with Crippen molar-refractivity contribution in [3.8, 4) is 0 Å². The zero-order valence-corrected chi connectivity index (χ0v) is 11.5. The molecule has 1 N–H and O–H groups in total. The van der Waals surface area contributed by atoms with Crippen molar-refractivity contribution in [2.45, 2.75) is 32.7 Å². The second-order valence-electron chi connectivity index (χ2n) is 5.25. The highest BCUT2D eigenvalue weighted by Crippen LogP contribution is 2.19. The van der Waals surface area contributed by atoms with Gasteiger partial charge in [-0.2, -0.15) is 5.10 Å². The number of aliphatic hydroxyl groups is 1. The third kappa shape index (κ3) is 3.64. The number of aliphatic hydroxyl groups excluding tert-OH is 1. The summed E-state index contributed by atoms with van der Waals surface area (Å²) in [4.78, 5) is 4.32. The van der Waals surface area contributed by atoms with E-state index in [9.17, 15) is 5.11 Å². The first-order valence-electron chi connectivity index (χ1n) is 6.73. The summed E-state index contributed by atoms with van der Waals surface area (Å²) in [5, 5.41) is 13.9. The van der Waals surface area contributed by atoms with E-state index in [0.717, 1.165) is 17.9 Å². The predicted molar refractivity (Wildman–Crippen MR) is 74.8 cm³/mol. The number of aromatic nitrogens is 3. The van der Waals surface area contributed by atoms with E-state index in [4.69, 9.17) is 0 Å². The molecule has 0 aliphatic heterocycles. The van der Waals surface area contributed by atoms with Crippen LogP contribution in [-0.2, 0) is 13.0 Å². The van der Waals surface area contributed by atoms with Gasteiger partial charge in [-0.3, -0.25) is 0 Å². The van der Waals surface area contributed by atoms with Crippen molar-refractivity contribution in [1.29, 1.82) is 0 Å². The molecule has 0 spiro atoms. The topological polar surface area (TPSA) is 50.9 Å². The Hall–Kier alpha value is -1.68. The van der Waals surface area contributed by atoms with Gasteiger partial charge in [0.25, 0.3) is 0 Å². The molecule has 1 aromatic carbocycles. The number of hydrogen-bond donors (Lipinski definition) is 1. The number of hydrogen-bond acceptors (Lipinski definition) is 3. The molecular formula is C15H21N3O. The molecule has 0 radical (unpaired) electrons. The van der Waals surface area contributed by atoms with Gasteiger partial charge in [0, 0.05) is 18.9 Å². The Morgan fingerprint density at radius 1 is 1.21 bits per heavy atom. The molecule has 4 nitrogen and oxygen atoms in total. The first-order chi connectivity index (χ1) is 9.20. The molecule has 0 bridgehead atoms. The summed E-state index contributed by atoms with van der Waals surface area (Å²) in [5.41, 5.74) is 1.14. The van der Waals surface area contributed by atoms with Crippen LogP contribution in [0.15, 0.2) is 36.7 Å². The van der Waals surface area contributed by atoms with Crippen molar-refractivity contribution >= 4 is 0 Å². The van der Waals surface area contributed by atoms with Gasteiger partial charge < -0.3 is 5.11 Å². The Morgan fingerprint density at radius 2 is 1.95 bits per heavy atom. The van der Waals surface area contributed by atoms with Crippen LogP contribution in [0.25, 0.3) is 0 Å². The largest absolute Gasteiger partial charge is 0.396 e. The lowest BCUT2D eigenvalue weighted by Gasteiger charge is -2.15. The highest BCUT2D eigenvalue weighted by molar-refractivity contribution is 5.20. The van der Waals surface area contributed by atoms with Gasteiger partial charge in [-0.05, 0) is 11.5 Å². The van der Waals surface area contributed by atoms with Crippen LogP contribution in [0.3, 0.4) is 0 Å². The molecule has 0 fully saturated rings. The van der Waals surface area contributed by atoms with E-state index in [2.05, 4.69) is 23.9 Å². The van der Waals surface area contributed by atoms with Crippen molar-refractivity contribution < 1.29 is 5.11 Å². The fraction of sp³-hybridized carbons (Fsp3) is 0.467. The Kier molecular flexibility index (Phi) is 4.68. The monoisotopic (exact) mass is 259 g/mol. The first-order valence-corrected chi connectivity index (χ1v) is 6.73. The van der Waals surface area contributed by atoms with Crippen LogP contribution in [0.2, 0.25) is 0 Å². The zero-order chi connectivity index (χ0) is 13.7. The van der Waals surface area contributed by atoms with Crippen LogP contribution in [-0.4, -0.2) is 26.5 Å². The third-order valence-electron chi connectivity index (χ3n) is 3.15. The first kappa shape index (κ1) is 13.7. The van der Waals surface area contributed by atoms with Gasteiger partial charge in [0.15, 0.2) is 0 Å². The molecule has 1 unspecified atom stereocenters. The standard InChI is InChI=1S/C15H21N3O/c1-12(2)9-18-15(16-11-17-18)8-14(10-19)13-6-4-3-5-7-13/h3-7,11-12,14,19H,8-10H2,1-2H3. The highest BCUT2D eigenvalue weighted by atomic mass is 16.3. The third-order valence-corrected chi connectivity index (χ3v) is 3.15. The maximum atomic E-state index is 9.59. The Balaban J connectivity index is 2.13. The summed E-state index contributed by atoms with van der Waals surface area (Å²) in [7, 11) is 0. The van der Waals surface area contributed by atoms with Crippen LogP contribution in [0.5, 0.6) is 0 Å². The highest BCUT2D eigenvalue weighted by Gasteiger charge is 2.15. The lowest BCUT2D eigenvalue weighted by atomic mass is 9.96. The van der Waals surface area contributed by atoms with Gasteiger partial charge in [-0.1, -0.05) is 44.2 Å². The molecule has 1 atom stereocenters. The van der Waals surface area contributed by atoms with Crippen molar-refractivity contribution in [2.24, 2.45) is 5.92 Å². The van der Waals surface area contributed by atoms with E-state index in [0.29, 0.717) is 12.3 Å². The molecule has 2 rings (SSSR count). The summed E-state index contributed by atoms with van der Waals surface area (Å²) in [6.45, 7) is 5.30. The second-order valence-corrected chi connectivity index (χ2v) is 5.25. The molecule has 0 saturated carbocycles. The van der Waals surface area contributed by atoms with Gasteiger partial charge in [-0.15, -0.1) is 0 Å². The predicted octanol–water partition coefficient (Wildman–Crippen LogP) is 2.25. The molecular weight excluding hydrogens is 238 g/mol. The minimum absolute atomic E-state index is 0.0799. The molecule has 19 heavy (non-hydrogen) atoms. The van der Waals surface area contributed by atoms with Crippen molar-refractivity contribution in [2.75, 3.05) is 6.61 Å². The smallest absolute Gasteiger partial charge is 0.138 e. The van der Waals surface area contributed by atoms with Gasteiger partial charge >= 0.3 is 0 Å². The summed E-state index contributed by atoms with van der Waals surface area (Å²) in [6, 6.07) is 10.1. The average molecular weight is 259 g/mol. The molecule has 1 aromatic heterocycles. The van der Waals surface area contributed by atoms with Crippen LogP contribution >= 0.6 is 0 Å². The number of rotatable bonds is 6. The van der Waals surface area contributed by atoms with E-state index in [1.165, 1.54) is 0 Å². The summed E-state index contributed by atoms with van der Waals surface area (Å²) >= 11 is 0. The van der Waals surface area contributed by atoms with Gasteiger partial charge in [0.2, 0.25) is 0 Å². The maximum absolute atomic E-state index is 9.59. The molecule has 0 aliphatic carbocycles. The van der Waals surface area contributed by atoms with Gasteiger partial charge in [-0.25, -0.2) is 9.67 Å². The SMILES string of the molecule is CC(C)Cn1ncnc1CC(CO)c1ccccc1. The zero-order valence-electron chi connectivity index (χ0n) is 11.5. The quantitative estimate of drug-likeness (QED) is 0.865. The minimum atomic E-state index is 0.0799. The van der Waals surface area contributed by atoms with Crippen molar-refractivity contribution in [1.82, 2.24) is 14.8 Å². The molecule has 4 heteroatoms. The minimum Gasteiger partial charge on any atom is -0.396 e. The number of nitrogens with zero attached hydrogens (tertiary/aromatic N) is 3. The number of benzene rings is 1. The van der Waals surface area contributed by atoms with E-state index >= 15 is 0 Å². The van der Waals surface area contributed by atoms with Gasteiger partial charge in [0.1, 0.15) is 12.2 Å². The summed E-state index contributed by atoms with van der Waals surface area (Å²) in [6.07, 6.45) is 2.31. The van der Waals surface area contributed by atoms with Crippen LogP contribution in [0.4, 0.5) is 0 Å². The average Bonchev–Trinajstić information content (AvgIpc) is 2.83. The summed E-state index contributed by atoms with van der Waals surface area (Å²) < 4.78 is 1.94. The molecule has 102 valence electrons. The van der Waals surface area contributed by atoms with E-state index < -0.39 is 0 Å². The Bertz CT molecular complexity index is 493. The van der Waals surface area contributed by atoms with Crippen LogP contribution < -0.4 is 0 Å². The van der Waals surface area contributed by atoms with E-state index in [1.54, 1.807) is 6.33 Å². The molecule has 0 amide bonds. The lowest BCUT2D eigenvalue weighted by molar-refractivity contribution is 0.261. The molecule has 2 aromatic rings. The summed E-state index contributed by atoms with van der Waals surface area (Å²) in [5.74, 6) is 1.55. The van der Waals surface area contributed by atoms with Crippen LogP contribution in [0.1, 0.15) is 31.2 Å². The molecule has 1 heterocycles. The molecule has 0 aliphatic rings. The van der Waals surface area contributed by atoms with Crippen molar-refractivity contribution in [3.63, 3.8) is 0 Å². The maximum Gasteiger partial charge on any atom is 0.138 e. The Labute approximate surface area is 114 Å². The van der Waals surface area contributed by atoms with Gasteiger partial charge in [0.05, 0.1) is 6.61 Å². The fourth-order valence-corrected chi connectivity index (χ4v) is 2.18.